The molecule has 5 rings (SSSR count). The molecule has 2 bridgehead atoms. The van der Waals surface area contributed by atoms with E-state index in [1.165, 1.54) is 6.21 Å². The SMILES string of the molecule is N#Cc1ccc(-c2c[nH]c(/C(=C\C=N)N3CC4CCC(C3)N4C(=O)[C@@H]3C[C@H]3F)c2)nc1. The van der Waals surface area contributed by atoms with Gasteiger partial charge in [0.1, 0.15) is 12.2 Å². The largest absolute Gasteiger partial charge is 0.366 e. The standard InChI is InChI=1S/C23H23FN6O/c24-19-8-18(19)23(31)30-16-2-3-17(30)13-29(12-16)22(5-6-25)21-7-15(11-28-21)20-4-1-14(9-26)10-27-20/h1,4-7,10-11,16-19,25,28H,2-3,8,12-13H2/b22-5+,25-6?/t16?,17?,18-,19-/m1/s1. The molecule has 7 nitrogen and oxygen atoms in total. The number of pyridine rings is 1. The fraction of sp³-hybridized carbons (Fsp3) is 0.391. The van der Waals surface area contributed by atoms with Crippen molar-refractivity contribution in [3.8, 4) is 17.3 Å². The first-order valence-electron chi connectivity index (χ1n) is 10.6. The van der Waals surface area contributed by atoms with Crippen LogP contribution in [0.25, 0.3) is 17.0 Å². The molecule has 1 aliphatic carbocycles. The summed E-state index contributed by atoms with van der Waals surface area (Å²) in [6.07, 6.45) is 7.71. The maximum Gasteiger partial charge on any atom is 0.229 e. The fourth-order valence-electron chi connectivity index (χ4n) is 4.84. The Morgan fingerprint density at radius 3 is 2.65 bits per heavy atom. The van der Waals surface area contributed by atoms with Crippen molar-refractivity contribution in [3.05, 3.63) is 47.9 Å². The first kappa shape index (κ1) is 19.5. The number of carbonyl (C=O) groups is 1. The van der Waals surface area contributed by atoms with E-state index >= 15 is 0 Å². The molecule has 2 unspecified atom stereocenters. The van der Waals surface area contributed by atoms with Crippen LogP contribution in [-0.2, 0) is 4.79 Å². The first-order valence-corrected chi connectivity index (χ1v) is 10.6. The van der Waals surface area contributed by atoms with Crippen LogP contribution in [0.3, 0.4) is 0 Å². The average Bonchev–Trinajstić information content (AvgIpc) is 3.21. The number of rotatable bonds is 5. The van der Waals surface area contributed by atoms with Crippen LogP contribution in [0, 0.1) is 22.7 Å². The molecule has 0 spiro atoms. The van der Waals surface area contributed by atoms with E-state index in [1.807, 2.05) is 23.2 Å². The van der Waals surface area contributed by atoms with Crippen molar-refractivity contribution in [2.75, 3.05) is 13.1 Å². The van der Waals surface area contributed by atoms with Crippen LogP contribution in [0.4, 0.5) is 4.39 Å². The number of alkyl halides is 1. The Balaban J connectivity index is 1.36. The number of aromatic amines is 1. The van der Waals surface area contributed by atoms with Crippen molar-refractivity contribution in [1.29, 1.82) is 10.7 Å². The smallest absolute Gasteiger partial charge is 0.229 e. The molecular formula is C23H23FN6O. The zero-order chi connectivity index (χ0) is 21.5. The summed E-state index contributed by atoms with van der Waals surface area (Å²) >= 11 is 0. The molecule has 8 heteroatoms. The number of hydrogen-bond donors (Lipinski definition) is 2. The Morgan fingerprint density at radius 1 is 1.32 bits per heavy atom. The highest BCUT2D eigenvalue weighted by Crippen LogP contribution is 2.41. The summed E-state index contributed by atoms with van der Waals surface area (Å²) < 4.78 is 13.4. The predicted octanol–water partition coefficient (Wildman–Crippen LogP) is 2.97. The second-order valence-corrected chi connectivity index (χ2v) is 8.46. The Kier molecular flexibility index (Phi) is 4.81. The van der Waals surface area contributed by atoms with Gasteiger partial charge in [0.05, 0.1) is 28.6 Å². The number of nitrogens with zero attached hydrogens (tertiary/aromatic N) is 4. The van der Waals surface area contributed by atoms with Gasteiger partial charge in [-0.25, -0.2) is 4.39 Å². The minimum absolute atomic E-state index is 0.0220. The second-order valence-electron chi connectivity index (χ2n) is 8.46. The lowest BCUT2D eigenvalue weighted by molar-refractivity contribution is -0.138. The van der Waals surface area contributed by atoms with Gasteiger partial charge in [-0.3, -0.25) is 9.78 Å². The van der Waals surface area contributed by atoms with Crippen LogP contribution in [0.15, 0.2) is 36.7 Å². The normalized spacial score (nSPS) is 27.2. The molecule has 1 saturated carbocycles. The molecule has 1 amide bonds. The third-order valence-electron chi connectivity index (χ3n) is 6.50. The van der Waals surface area contributed by atoms with Crippen LogP contribution >= 0.6 is 0 Å². The minimum atomic E-state index is -0.966. The highest BCUT2D eigenvalue weighted by atomic mass is 19.1. The van der Waals surface area contributed by atoms with E-state index in [4.69, 9.17) is 10.7 Å². The number of aromatic nitrogens is 2. The van der Waals surface area contributed by atoms with E-state index in [9.17, 15) is 9.18 Å². The second kappa shape index (κ2) is 7.65. The van der Waals surface area contributed by atoms with Gasteiger partial charge < -0.3 is 20.2 Å². The number of carbonyl (C=O) groups excluding carboxylic acids is 1. The van der Waals surface area contributed by atoms with E-state index in [0.29, 0.717) is 25.1 Å². The Bertz CT molecular complexity index is 1070. The number of nitrogens with one attached hydrogen (secondary N) is 2. The quantitative estimate of drug-likeness (QED) is 0.729. The zero-order valence-corrected chi connectivity index (χ0v) is 17.0. The molecule has 2 N–H and O–H groups in total. The van der Waals surface area contributed by atoms with Gasteiger partial charge in [-0.15, -0.1) is 0 Å². The van der Waals surface area contributed by atoms with E-state index < -0.39 is 12.1 Å². The summed E-state index contributed by atoms with van der Waals surface area (Å²) in [4.78, 5) is 24.5. The van der Waals surface area contributed by atoms with Crippen molar-refractivity contribution in [2.24, 2.45) is 5.92 Å². The highest BCUT2D eigenvalue weighted by Gasteiger charge is 2.51. The molecule has 3 fully saturated rings. The lowest BCUT2D eigenvalue weighted by atomic mass is 10.1. The van der Waals surface area contributed by atoms with Gasteiger partial charge in [0.15, 0.2) is 0 Å². The Hall–Kier alpha value is -3.47. The molecule has 4 atom stereocenters. The number of fused-ring (bicyclic) bond motifs is 2. The summed E-state index contributed by atoms with van der Waals surface area (Å²) in [5.41, 5.74) is 3.94. The third-order valence-corrected chi connectivity index (χ3v) is 6.50. The van der Waals surface area contributed by atoms with Gasteiger partial charge in [-0.2, -0.15) is 5.26 Å². The number of H-pyrrole nitrogens is 1. The van der Waals surface area contributed by atoms with E-state index in [0.717, 1.165) is 35.5 Å². The average molecular weight is 418 g/mol. The van der Waals surface area contributed by atoms with Crippen molar-refractivity contribution in [2.45, 2.75) is 37.5 Å². The van der Waals surface area contributed by atoms with Gasteiger partial charge in [-0.05, 0) is 43.5 Å². The van der Waals surface area contributed by atoms with Crippen molar-refractivity contribution in [3.63, 3.8) is 0 Å². The maximum absolute atomic E-state index is 13.4. The van der Waals surface area contributed by atoms with Crippen molar-refractivity contribution in [1.82, 2.24) is 19.8 Å². The van der Waals surface area contributed by atoms with E-state index in [-0.39, 0.29) is 18.0 Å². The van der Waals surface area contributed by atoms with Gasteiger partial charge in [-0.1, -0.05) is 0 Å². The molecule has 2 aromatic heterocycles. The Labute approximate surface area is 179 Å². The maximum atomic E-state index is 13.4. The summed E-state index contributed by atoms with van der Waals surface area (Å²) in [7, 11) is 0. The number of hydrogen-bond acceptors (Lipinski definition) is 5. The molecule has 0 aromatic carbocycles. The predicted molar refractivity (Wildman–Crippen MR) is 114 cm³/mol. The topological polar surface area (TPSA) is 99.9 Å². The number of piperazine rings is 1. The van der Waals surface area contributed by atoms with Crippen LogP contribution in [-0.4, -0.2) is 63.2 Å². The van der Waals surface area contributed by atoms with Crippen LogP contribution < -0.4 is 0 Å². The Morgan fingerprint density at radius 2 is 2.06 bits per heavy atom. The summed E-state index contributed by atoms with van der Waals surface area (Å²) in [6, 6.07) is 7.77. The van der Waals surface area contributed by atoms with Crippen LogP contribution in [0.5, 0.6) is 0 Å². The first-order chi connectivity index (χ1) is 15.1. The van der Waals surface area contributed by atoms with Gasteiger partial charge in [0, 0.05) is 49.3 Å². The monoisotopic (exact) mass is 418 g/mol. The molecule has 2 saturated heterocycles. The number of amides is 1. The molecule has 3 aliphatic rings. The molecular weight excluding hydrogens is 395 g/mol. The lowest BCUT2D eigenvalue weighted by Crippen LogP contribution is -2.55. The molecule has 158 valence electrons. The third kappa shape index (κ3) is 3.50. The zero-order valence-electron chi connectivity index (χ0n) is 17.0. The van der Waals surface area contributed by atoms with E-state index in [2.05, 4.69) is 20.9 Å². The highest BCUT2D eigenvalue weighted by molar-refractivity contribution is 5.84. The molecule has 2 aliphatic heterocycles. The number of halogens is 1. The fourth-order valence-corrected chi connectivity index (χ4v) is 4.84. The molecule has 4 heterocycles. The van der Waals surface area contributed by atoms with Crippen molar-refractivity contribution < 1.29 is 9.18 Å². The number of allylic oxidation sites excluding steroid dienone is 1. The lowest BCUT2D eigenvalue weighted by Gasteiger charge is -2.43. The summed E-state index contributed by atoms with van der Waals surface area (Å²) in [5, 5.41) is 16.6. The molecule has 0 radical (unpaired) electrons. The summed E-state index contributed by atoms with van der Waals surface area (Å²) in [5.74, 6) is -0.455. The summed E-state index contributed by atoms with van der Waals surface area (Å²) in [6.45, 7) is 1.35. The number of nitriles is 1. The van der Waals surface area contributed by atoms with Gasteiger partial charge in [0.25, 0.3) is 0 Å². The van der Waals surface area contributed by atoms with Gasteiger partial charge >= 0.3 is 0 Å². The number of likely N-dealkylation sites (tertiary alicyclic amines) is 1. The van der Waals surface area contributed by atoms with Gasteiger partial charge in [0.2, 0.25) is 5.91 Å². The minimum Gasteiger partial charge on any atom is -0.366 e. The van der Waals surface area contributed by atoms with E-state index in [1.54, 1.807) is 18.3 Å². The van der Waals surface area contributed by atoms with Crippen LogP contribution in [0.1, 0.15) is 30.5 Å². The molecule has 2 aromatic rings. The van der Waals surface area contributed by atoms with Crippen LogP contribution in [0.2, 0.25) is 0 Å². The molecule has 31 heavy (non-hydrogen) atoms. The van der Waals surface area contributed by atoms with Crippen molar-refractivity contribution >= 4 is 17.8 Å².